The standard InChI is InChI=1S/C35H37BrO4/c1-25-18-31(32(36)19-26(25)2)34-35(39-23-29-16-10-5-11-17-29)33(38-22-28-14-8-4-9-15-28)20-30(40-34)24-37-21-27-12-6-3-7-13-27/h3-19,30,33-35H,20-24H2,1-2H3/t30-,33-,34-,35+/m0/s1. The number of hydrogen-bond acceptors (Lipinski definition) is 4. The van der Waals surface area contributed by atoms with Crippen LogP contribution in [0.1, 0.15) is 45.9 Å². The maximum Gasteiger partial charge on any atom is 0.115 e. The van der Waals surface area contributed by atoms with E-state index in [0.717, 1.165) is 26.7 Å². The zero-order chi connectivity index (χ0) is 27.7. The summed E-state index contributed by atoms with van der Waals surface area (Å²) < 4.78 is 27.3. The first-order valence-corrected chi connectivity index (χ1v) is 14.7. The Labute approximate surface area is 246 Å². The van der Waals surface area contributed by atoms with Crippen molar-refractivity contribution in [2.24, 2.45) is 0 Å². The SMILES string of the molecule is Cc1cc(Br)c([C@@H]2O[C@H](COCc3ccccc3)C[C@H](OCc3ccccc3)[C@H]2OCc2ccccc2)cc1C. The minimum Gasteiger partial charge on any atom is -0.374 e. The number of benzene rings is 4. The summed E-state index contributed by atoms with van der Waals surface area (Å²) in [5.41, 5.74) is 6.92. The van der Waals surface area contributed by atoms with Gasteiger partial charge < -0.3 is 18.9 Å². The zero-order valence-electron chi connectivity index (χ0n) is 23.2. The molecule has 4 aromatic rings. The number of hydrogen-bond donors (Lipinski definition) is 0. The fourth-order valence-electron chi connectivity index (χ4n) is 5.09. The van der Waals surface area contributed by atoms with Crippen LogP contribution in [0.4, 0.5) is 0 Å². The predicted molar refractivity (Wildman–Crippen MR) is 162 cm³/mol. The Morgan fingerprint density at radius 1 is 0.700 bits per heavy atom. The van der Waals surface area contributed by atoms with E-state index < -0.39 is 0 Å². The molecule has 4 nitrogen and oxygen atoms in total. The van der Waals surface area contributed by atoms with Gasteiger partial charge in [-0.2, -0.15) is 0 Å². The lowest BCUT2D eigenvalue weighted by Crippen LogP contribution is -2.47. The van der Waals surface area contributed by atoms with Crippen molar-refractivity contribution >= 4 is 15.9 Å². The lowest BCUT2D eigenvalue weighted by Gasteiger charge is -2.42. The van der Waals surface area contributed by atoms with Crippen LogP contribution in [0.25, 0.3) is 0 Å². The fraction of sp³-hybridized carbons (Fsp3) is 0.314. The van der Waals surface area contributed by atoms with E-state index in [4.69, 9.17) is 18.9 Å². The van der Waals surface area contributed by atoms with Gasteiger partial charge in [0.2, 0.25) is 0 Å². The second-order valence-electron chi connectivity index (χ2n) is 10.5. The summed E-state index contributed by atoms with van der Waals surface area (Å²) in [6, 6.07) is 35.2. The second-order valence-corrected chi connectivity index (χ2v) is 11.3. The molecule has 5 heteroatoms. The van der Waals surface area contributed by atoms with E-state index in [0.29, 0.717) is 32.8 Å². The first-order valence-electron chi connectivity index (χ1n) is 13.9. The largest absolute Gasteiger partial charge is 0.374 e. The molecule has 5 rings (SSSR count). The normalized spacial score (nSPS) is 20.9. The molecule has 208 valence electrons. The molecule has 0 aliphatic carbocycles. The van der Waals surface area contributed by atoms with Crippen LogP contribution in [0.2, 0.25) is 0 Å². The molecule has 1 saturated heterocycles. The van der Waals surface area contributed by atoms with Crippen molar-refractivity contribution in [1.82, 2.24) is 0 Å². The number of halogens is 1. The van der Waals surface area contributed by atoms with Crippen LogP contribution in [-0.4, -0.2) is 24.9 Å². The average Bonchev–Trinajstić information content (AvgIpc) is 2.98. The molecule has 0 N–H and O–H groups in total. The van der Waals surface area contributed by atoms with Crippen molar-refractivity contribution in [2.75, 3.05) is 6.61 Å². The first kappa shape index (κ1) is 28.7. The molecule has 4 aromatic carbocycles. The molecule has 1 heterocycles. The molecule has 1 fully saturated rings. The van der Waals surface area contributed by atoms with E-state index in [9.17, 15) is 0 Å². The third-order valence-electron chi connectivity index (χ3n) is 7.43. The van der Waals surface area contributed by atoms with Gasteiger partial charge in [-0.1, -0.05) is 113 Å². The van der Waals surface area contributed by atoms with Crippen LogP contribution in [0.3, 0.4) is 0 Å². The van der Waals surface area contributed by atoms with Crippen molar-refractivity contribution in [3.63, 3.8) is 0 Å². The van der Waals surface area contributed by atoms with Crippen molar-refractivity contribution < 1.29 is 18.9 Å². The Morgan fingerprint density at radius 3 is 1.82 bits per heavy atom. The maximum absolute atomic E-state index is 6.81. The van der Waals surface area contributed by atoms with Crippen LogP contribution in [0.5, 0.6) is 0 Å². The highest BCUT2D eigenvalue weighted by atomic mass is 79.9. The molecule has 0 bridgehead atoms. The lowest BCUT2D eigenvalue weighted by molar-refractivity contribution is -0.219. The summed E-state index contributed by atoms with van der Waals surface area (Å²) in [6.07, 6.45) is -0.258. The van der Waals surface area contributed by atoms with Crippen LogP contribution >= 0.6 is 15.9 Å². The van der Waals surface area contributed by atoms with Gasteiger partial charge in [0, 0.05) is 10.9 Å². The Balaban J connectivity index is 1.41. The molecule has 1 aliphatic rings. The maximum atomic E-state index is 6.81. The molecule has 0 spiro atoms. The molecule has 40 heavy (non-hydrogen) atoms. The van der Waals surface area contributed by atoms with Crippen molar-refractivity contribution in [1.29, 1.82) is 0 Å². The van der Waals surface area contributed by atoms with Gasteiger partial charge in [-0.3, -0.25) is 0 Å². The Bertz CT molecular complexity index is 1330. The third-order valence-corrected chi connectivity index (χ3v) is 8.11. The van der Waals surface area contributed by atoms with Gasteiger partial charge in [-0.15, -0.1) is 0 Å². The molecular formula is C35H37BrO4. The van der Waals surface area contributed by atoms with E-state index in [-0.39, 0.29) is 24.4 Å². The summed E-state index contributed by atoms with van der Waals surface area (Å²) in [6.45, 7) is 6.27. The van der Waals surface area contributed by atoms with Gasteiger partial charge >= 0.3 is 0 Å². The highest BCUT2D eigenvalue weighted by molar-refractivity contribution is 9.10. The predicted octanol–water partition coefficient (Wildman–Crippen LogP) is 8.28. The van der Waals surface area contributed by atoms with Crippen LogP contribution < -0.4 is 0 Å². The average molecular weight is 602 g/mol. The van der Waals surface area contributed by atoms with Gasteiger partial charge in [0.1, 0.15) is 12.2 Å². The van der Waals surface area contributed by atoms with E-state index in [1.165, 1.54) is 11.1 Å². The molecule has 0 saturated carbocycles. The Kier molecular flexibility index (Phi) is 10.2. The van der Waals surface area contributed by atoms with Crippen LogP contribution in [-0.2, 0) is 38.8 Å². The van der Waals surface area contributed by atoms with Gasteiger partial charge in [-0.05, 0) is 53.3 Å². The zero-order valence-corrected chi connectivity index (χ0v) is 24.8. The Hall–Kier alpha value is -2.80. The van der Waals surface area contributed by atoms with Gasteiger partial charge in [0.25, 0.3) is 0 Å². The van der Waals surface area contributed by atoms with Crippen LogP contribution in [0, 0.1) is 13.8 Å². The summed E-state index contributed by atoms with van der Waals surface area (Å²) in [7, 11) is 0. The summed E-state index contributed by atoms with van der Waals surface area (Å²) >= 11 is 3.83. The molecule has 0 amide bonds. The van der Waals surface area contributed by atoms with Crippen molar-refractivity contribution in [2.45, 2.75) is 64.5 Å². The monoisotopic (exact) mass is 600 g/mol. The van der Waals surface area contributed by atoms with Crippen molar-refractivity contribution in [3.8, 4) is 0 Å². The Morgan fingerprint density at radius 2 is 1.23 bits per heavy atom. The van der Waals surface area contributed by atoms with E-state index >= 15 is 0 Å². The minimum atomic E-state index is -0.322. The number of aryl methyl sites for hydroxylation is 2. The molecule has 0 aromatic heterocycles. The van der Waals surface area contributed by atoms with E-state index in [2.05, 4.69) is 78.3 Å². The second kappa shape index (κ2) is 14.2. The quantitative estimate of drug-likeness (QED) is 0.173. The van der Waals surface area contributed by atoms with Gasteiger partial charge in [0.05, 0.1) is 38.6 Å². The van der Waals surface area contributed by atoms with Gasteiger partial charge in [-0.25, -0.2) is 0 Å². The molecule has 1 aliphatic heterocycles. The highest BCUT2D eigenvalue weighted by Crippen LogP contribution is 2.40. The highest BCUT2D eigenvalue weighted by Gasteiger charge is 2.42. The van der Waals surface area contributed by atoms with E-state index in [1.807, 2.05) is 54.6 Å². The number of ether oxygens (including phenoxy) is 4. The number of rotatable bonds is 11. The van der Waals surface area contributed by atoms with E-state index in [1.54, 1.807) is 0 Å². The van der Waals surface area contributed by atoms with Gasteiger partial charge in [0.15, 0.2) is 0 Å². The van der Waals surface area contributed by atoms with Crippen molar-refractivity contribution in [3.05, 3.63) is 141 Å². The molecule has 0 radical (unpaired) electrons. The lowest BCUT2D eigenvalue weighted by atomic mass is 9.91. The molecule has 4 atom stereocenters. The smallest absolute Gasteiger partial charge is 0.115 e. The summed E-state index contributed by atoms with van der Waals surface area (Å²) in [5, 5.41) is 0. The topological polar surface area (TPSA) is 36.9 Å². The molecule has 0 unspecified atom stereocenters. The molecular weight excluding hydrogens is 564 g/mol. The minimum absolute atomic E-state index is 0.139. The summed E-state index contributed by atoms with van der Waals surface area (Å²) in [5.74, 6) is 0. The third kappa shape index (κ3) is 7.68. The first-order chi connectivity index (χ1) is 19.6. The van der Waals surface area contributed by atoms with Crippen LogP contribution in [0.15, 0.2) is 108 Å². The fourth-order valence-corrected chi connectivity index (χ4v) is 5.78. The summed E-state index contributed by atoms with van der Waals surface area (Å²) in [4.78, 5) is 0.